The Morgan fingerprint density at radius 1 is 1.19 bits per heavy atom. The summed E-state index contributed by atoms with van der Waals surface area (Å²) in [6.07, 6.45) is 0.521. The molecule has 0 aliphatic heterocycles. The van der Waals surface area contributed by atoms with Crippen molar-refractivity contribution >= 4 is 21.6 Å². The van der Waals surface area contributed by atoms with Gasteiger partial charge in [0.05, 0.1) is 18.9 Å². The molecule has 7 heteroatoms. The standard InChI is InChI=1S/C20H26N2O4S/c1-5-13-27(24,25)21-17-10-8-9-16(14-17)20(23)22(3)15(2)18-11-6-7-12-19(18)26-4/h6-12,14-15,21H,5,13H2,1-4H3. The Bertz CT molecular complexity index is 896. The summed E-state index contributed by atoms with van der Waals surface area (Å²) in [5.74, 6) is 0.547. The number of methoxy groups -OCH3 is 1. The lowest BCUT2D eigenvalue weighted by Gasteiger charge is -2.27. The lowest BCUT2D eigenvalue weighted by molar-refractivity contribution is 0.0741. The van der Waals surface area contributed by atoms with Gasteiger partial charge in [0.1, 0.15) is 5.75 Å². The first kappa shape index (κ1) is 20.8. The van der Waals surface area contributed by atoms with Crippen LogP contribution in [-0.4, -0.2) is 39.1 Å². The highest BCUT2D eigenvalue weighted by Gasteiger charge is 2.22. The number of ether oxygens (including phenoxy) is 1. The fourth-order valence-electron chi connectivity index (χ4n) is 2.81. The zero-order valence-electron chi connectivity index (χ0n) is 16.1. The Hall–Kier alpha value is -2.54. The molecule has 1 unspecified atom stereocenters. The maximum Gasteiger partial charge on any atom is 0.254 e. The van der Waals surface area contributed by atoms with Crippen LogP contribution in [0.4, 0.5) is 5.69 Å². The van der Waals surface area contributed by atoms with E-state index in [1.807, 2.05) is 31.2 Å². The normalized spacial score (nSPS) is 12.3. The van der Waals surface area contributed by atoms with Crippen molar-refractivity contribution in [2.75, 3.05) is 24.6 Å². The second-order valence-electron chi connectivity index (χ2n) is 6.34. The highest BCUT2D eigenvalue weighted by molar-refractivity contribution is 7.92. The Morgan fingerprint density at radius 2 is 1.89 bits per heavy atom. The predicted octanol–water partition coefficient (Wildman–Crippen LogP) is 3.68. The van der Waals surface area contributed by atoms with E-state index in [9.17, 15) is 13.2 Å². The molecule has 0 aliphatic rings. The average Bonchev–Trinajstić information content (AvgIpc) is 2.65. The molecule has 6 nitrogen and oxygen atoms in total. The molecule has 0 saturated carbocycles. The number of sulfonamides is 1. The fourth-order valence-corrected chi connectivity index (χ4v) is 3.94. The fraction of sp³-hybridized carbons (Fsp3) is 0.350. The summed E-state index contributed by atoms with van der Waals surface area (Å²) in [4.78, 5) is 14.5. The van der Waals surface area contributed by atoms with Gasteiger partial charge in [-0.05, 0) is 37.6 Å². The number of anilines is 1. The predicted molar refractivity (Wildman–Crippen MR) is 108 cm³/mol. The van der Waals surface area contributed by atoms with E-state index in [1.54, 1.807) is 50.2 Å². The maximum absolute atomic E-state index is 12.9. The number of hydrogen-bond donors (Lipinski definition) is 1. The van der Waals surface area contributed by atoms with Gasteiger partial charge < -0.3 is 9.64 Å². The highest BCUT2D eigenvalue weighted by atomic mass is 32.2. The summed E-state index contributed by atoms with van der Waals surface area (Å²) in [5.41, 5.74) is 1.69. The van der Waals surface area contributed by atoms with E-state index in [0.29, 0.717) is 23.4 Å². The van der Waals surface area contributed by atoms with Crippen LogP contribution >= 0.6 is 0 Å². The van der Waals surface area contributed by atoms with Gasteiger partial charge in [0.25, 0.3) is 5.91 Å². The van der Waals surface area contributed by atoms with Crippen molar-refractivity contribution in [2.24, 2.45) is 0 Å². The van der Waals surface area contributed by atoms with Crippen LogP contribution in [0.15, 0.2) is 48.5 Å². The molecule has 2 rings (SSSR count). The van der Waals surface area contributed by atoms with E-state index in [-0.39, 0.29) is 17.7 Å². The van der Waals surface area contributed by atoms with Gasteiger partial charge in [-0.2, -0.15) is 0 Å². The van der Waals surface area contributed by atoms with Gasteiger partial charge >= 0.3 is 0 Å². The molecule has 0 aromatic heterocycles. The van der Waals surface area contributed by atoms with Gasteiger partial charge in [-0.15, -0.1) is 0 Å². The third kappa shape index (κ3) is 5.23. The van der Waals surface area contributed by atoms with Crippen molar-refractivity contribution in [1.82, 2.24) is 4.90 Å². The monoisotopic (exact) mass is 390 g/mol. The number of nitrogens with zero attached hydrogens (tertiary/aromatic N) is 1. The van der Waals surface area contributed by atoms with Crippen molar-refractivity contribution in [3.05, 3.63) is 59.7 Å². The average molecular weight is 391 g/mol. The van der Waals surface area contributed by atoms with Crippen LogP contribution in [0, 0.1) is 0 Å². The Kier molecular flexibility index (Phi) is 6.85. The maximum atomic E-state index is 12.9. The Balaban J connectivity index is 2.23. The van der Waals surface area contributed by atoms with Crippen molar-refractivity contribution in [2.45, 2.75) is 26.3 Å². The number of hydrogen-bond acceptors (Lipinski definition) is 4. The van der Waals surface area contributed by atoms with Gasteiger partial charge in [-0.1, -0.05) is 31.2 Å². The van der Waals surface area contributed by atoms with E-state index in [0.717, 1.165) is 5.56 Å². The number of nitrogens with one attached hydrogen (secondary N) is 1. The first-order chi connectivity index (χ1) is 12.8. The third-order valence-corrected chi connectivity index (χ3v) is 5.84. The molecule has 1 amide bonds. The van der Waals surface area contributed by atoms with Gasteiger partial charge in [0.15, 0.2) is 0 Å². The number of rotatable bonds is 8. The number of carbonyl (C=O) groups is 1. The van der Waals surface area contributed by atoms with E-state index in [1.165, 1.54) is 0 Å². The minimum absolute atomic E-state index is 0.0376. The summed E-state index contributed by atoms with van der Waals surface area (Å²) >= 11 is 0. The quantitative estimate of drug-likeness (QED) is 0.746. The highest BCUT2D eigenvalue weighted by Crippen LogP contribution is 2.29. The van der Waals surface area contributed by atoms with Crippen molar-refractivity contribution in [1.29, 1.82) is 0 Å². The molecular formula is C20H26N2O4S. The molecule has 0 spiro atoms. The topological polar surface area (TPSA) is 75.7 Å². The first-order valence-electron chi connectivity index (χ1n) is 8.79. The van der Waals surface area contributed by atoms with E-state index in [2.05, 4.69) is 4.72 Å². The van der Waals surface area contributed by atoms with Gasteiger partial charge in [0.2, 0.25) is 10.0 Å². The van der Waals surface area contributed by atoms with Crippen LogP contribution in [0.2, 0.25) is 0 Å². The number of benzene rings is 2. The summed E-state index contributed by atoms with van der Waals surface area (Å²) in [5, 5.41) is 0. The van der Waals surface area contributed by atoms with Gasteiger partial charge in [0, 0.05) is 23.9 Å². The van der Waals surface area contributed by atoms with Gasteiger partial charge in [-0.3, -0.25) is 9.52 Å². The summed E-state index contributed by atoms with van der Waals surface area (Å²) < 4.78 is 31.8. The van der Waals surface area contributed by atoms with Crippen LogP contribution in [0.25, 0.3) is 0 Å². The van der Waals surface area contributed by atoms with Crippen LogP contribution in [0.1, 0.15) is 42.2 Å². The van der Waals surface area contributed by atoms with E-state index >= 15 is 0 Å². The molecular weight excluding hydrogens is 364 g/mol. The molecule has 0 bridgehead atoms. The van der Waals surface area contributed by atoms with E-state index in [4.69, 9.17) is 4.74 Å². The number of amides is 1. The number of carbonyl (C=O) groups excluding carboxylic acids is 1. The van der Waals surface area contributed by atoms with Crippen LogP contribution < -0.4 is 9.46 Å². The zero-order valence-corrected chi connectivity index (χ0v) is 16.9. The molecule has 0 saturated heterocycles. The Labute approximate surface area is 161 Å². The summed E-state index contributed by atoms with van der Waals surface area (Å²) in [7, 11) is -0.0950. The van der Waals surface area contributed by atoms with Gasteiger partial charge in [-0.25, -0.2) is 8.42 Å². The number of para-hydroxylation sites is 1. The molecule has 2 aromatic rings. The summed E-state index contributed by atoms with van der Waals surface area (Å²) in [6, 6.07) is 13.9. The van der Waals surface area contributed by atoms with Crippen molar-refractivity contribution in [3.63, 3.8) is 0 Å². The molecule has 0 fully saturated rings. The molecule has 0 aliphatic carbocycles. The lowest BCUT2D eigenvalue weighted by Crippen LogP contribution is -2.30. The second-order valence-corrected chi connectivity index (χ2v) is 8.18. The minimum Gasteiger partial charge on any atom is -0.496 e. The molecule has 0 heterocycles. The third-order valence-electron chi connectivity index (χ3n) is 4.35. The van der Waals surface area contributed by atoms with Crippen LogP contribution in [-0.2, 0) is 10.0 Å². The summed E-state index contributed by atoms with van der Waals surface area (Å²) in [6.45, 7) is 3.72. The minimum atomic E-state index is -3.41. The molecule has 1 N–H and O–H groups in total. The van der Waals surface area contributed by atoms with Crippen molar-refractivity contribution in [3.8, 4) is 5.75 Å². The largest absolute Gasteiger partial charge is 0.496 e. The van der Waals surface area contributed by atoms with E-state index < -0.39 is 10.0 Å². The molecule has 1 atom stereocenters. The SMILES string of the molecule is CCCS(=O)(=O)Nc1cccc(C(=O)N(C)C(C)c2ccccc2OC)c1. The van der Waals surface area contributed by atoms with Crippen LogP contribution in [0.5, 0.6) is 5.75 Å². The van der Waals surface area contributed by atoms with Crippen LogP contribution in [0.3, 0.4) is 0 Å². The lowest BCUT2D eigenvalue weighted by atomic mass is 10.0. The Morgan fingerprint density at radius 3 is 2.56 bits per heavy atom. The zero-order chi connectivity index (χ0) is 20.0. The second kappa shape index (κ2) is 8.90. The first-order valence-corrected chi connectivity index (χ1v) is 10.4. The van der Waals surface area contributed by atoms with Crippen molar-refractivity contribution < 1.29 is 17.9 Å². The smallest absolute Gasteiger partial charge is 0.254 e. The molecule has 27 heavy (non-hydrogen) atoms. The molecule has 0 radical (unpaired) electrons. The molecule has 146 valence electrons. The molecule has 2 aromatic carbocycles.